The summed E-state index contributed by atoms with van der Waals surface area (Å²) < 4.78 is 5.73. The number of aromatic nitrogens is 2. The van der Waals surface area contributed by atoms with Crippen molar-refractivity contribution >= 4 is 39.2 Å². The number of halogens is 1. The number of H-pyrrole nitrogens is 2. The minimum Gasteiger partial charge on any atom is -0.490 e. The maximum atomic E-state index is 12.2. The lowest BCUT2D eigenvalue weighted by Crippen LogP contribution is -2.17. The van der Waals surface area contributed by atoms with Crippen molar-refractivity contribution in [3.8, 4) is 16.9 Å². The Balaban J connectivity index is 1.81. The molecule has 5 nitrogen and oxygen atoms in total. The van der Waals surface area contributed by atoms with Crippen LogP contribution in [0, 0.1) is 0 Å². The van der Waals surface area contributed by atoms with E-state index in [0.717, 1.165) is 51.0 Å². The Kier molecular flexibility index (Phi) is 3.05. The lowest BCUT2D eigenvalue weighted by Gasteiger charge is -2.19. The van der Waals surface area contributed by atoms with Crippen LogP contribution in [-0.2, 0) is 0 Å². The molecule has 25 heavy (non-hydrogen) atoms. The number of benzene rings is 2. The van der Waals surface area contributed by atoms with Crippen LogP contribution >= 0.6 is 11.6 Å². The van der Waals surface area contributed by atoms with Crippen LogP contribution in [0.15, 0.2) is 47.3 Å². The minimum atomic E-state index is -0.153. The SMILES string of the molecule is O=c1cc(-c2ccc3c(c2)OCCN3)c2[nH]c3ccc(Cl)cc3c2[nH]1. The van der Waals surface area contributed by atoms with Gasteiger partial charge in [-0.3, -0.25) is 4.79 Å². The number of fused-ring (bicyclic) bond motifs is 4. The van der Waals surface area contributed by atoms with Gasteiger partial charge in [0.25, 0.3) is 0 Å². The molecule has 2 aromatic heterocycles. The van der Waals surface area contributed by atoms with Crippen LogP contribution < -0.4 is 15.6 Å². The monoisotopic (exact) mass is 351 g/mol. The van der Waals surface area contributed by atoms with Gasteiger partial charge in [-0.05, 0) is 35.9 Å². The summed E-state index contributed by atoms with van der Waals surface area (Å²) in [5.74, 6) is 0.802. The first-order valence-corrected chi connectivity index (χ1v) is 8.42. The van der Waals surface area contributed by atoms with Crippen molar-refractivity contribution in [1.82, 2.24) is 9.97 Å². The molecule has 0 radical (unpaired) electrons. The van der Waals surface area contributed by atoms with E-state index < -0.39 is 0 Å². The summed E-state index contributed by atoms with van der Waals surface area (Å²) >= 11 is 6.12. The molecule has 0 spiro atoms. The maximum absolute atomic E-state index is 12.2. The van der Waals surface area contributed by atoms with E-state index in [9.17, 15) is 4.79 Å². The van der Waals surface area contributed by atoms with Gasteiger partial charge in [0.2, 0.25) is 5.56 Å². The average molecular weight is 352 g/mol. The lowest BCUT2D eigenvalue weighted by atomic mass is 10.0. The van der Waals surface area contributed by atoms with Gasteiger partial charge in [-0.15, -0.1) is 0 Å². The van der Waals surface area contributed by atoms with Gasteiger partial charge < -0.3 is 20.0 Å². The summed E-state index contributed by atoms with van der Waals surface area (Å²) in [6.45, 7) is 1.43. The summed E-state index contributed by atoms with van der Waals surface area (Å²) in [6, 6.07) is 13.2. The zero-order chi connectivity index (χ0) is 17.0. The second-order valence-corrected chi connectivity index (χ2v) is 6.53. The predicted octanol–water partition coefficient (Wildman–Crippen LogP) is 4.13. The van der Waals surface area contributed by atoms with Crippen molar-refractivity contribution in [3.05, 3.63) is 57.8 Å². The Morgan fingerprint density at radius 3 is 2.84 bits per heavy atom. The van der Waals surface area contributed by atoms with E-state index in [0.29, 0.717) is 11.6 Å². The fourth-order valence-corrected chi connectivity index (χ4v) is 3.56. The summed E-state index contributed by atoms with van der Waals surface area (Å²) in [4.78, 5) is 18.6. The zero-order valence-corrected chi connectivity index (χ0v) is 13.9. The first-order valence-electron chi connectivity index (χ1n) is 8.04. The highest BCUT2D eigenvalue weighted by molar-refractivity contribution is 6.31. The van der Waals surface area contributed by atoms with E-state index in [1.807, 2.05) is 36.4 Å². The molecule has 2 aromatic carbocycles. The molecular formula is C19H14ClN3O2. The minimum absolute atomic E-state index is 0.153. The third-order valence-electron chi connectivity index (χ3n) is 4.52. The van der Waals surface area contributed by atoms with Gasteiger partial charge in [0, 0.05) is 34.1 Å². The summed E-state index contributed by atoms with van der Waals surface area (Å²) in [7, 11) is 0. The van der Waals surface area contributed by atoms with Gasteiger partial charge >= 0.3 is 0 Å². The highest BCUT2D eigenvalue weighted by Crippen LogP contribution is 2.36. The van der Waals surface area contributed by atoms with Crippen LogP contribution in [-0.4, -0.2) is 23.1 Å². The van der Waals surface area contributed by atoms with E-state index in [4.69, 9.17) is 16.3 Å². The molecule has 0 saturated carbocycles. The van der Waals surface area contributed by atoms with Gasteiger partial charge in [0.05, 0.1) is 16.7 Å². The van der Waals surface area contributed by atoms with Gasteiger partial charge in [0.1, 0.15) is 12.4 Å². The zero-order valence-electron chi connectivity index (χ0n) is 13.2. The molecule has 5 rings (SSSR count). The molecule has 3 heterocycles. The molecule has 4 aromatic rings. The van der Waals surface area contributed by atoms with Crippen LogP contribution in [0.3, 0.4) is 0 Å². The first kappa shape index (κ1) is 14.4. The van der Waals surface area contributed by atoms with Gasteiger partial charge in [-0.2, -0.15) is 0 Å². The van der Waals surface area contributed by atoms with Crippen molar-refractivity contribution in [1.29, 1.82) is 0 Å². The fourth-order valence-electron chi connectivity index (χ4n) is 3.39. The number of pyridine rings is 1. The number of hydrogen-bond acceptors (Lipinski definition) is 3. The standard InChI is InChI=1S/C19H14ClN3O2/c20-11-2-4-14-13(8-11)19-18(22-14)12(9-17(24)23-19)10-1-3-15-16(7-10)25-6-5-21-15/h1-4,7-9,21-22H,5-6H2,(H,23,24). The van der Waals surface area contributed by atoms with Gasteiger partial charge in [-0.1, -0.05) is 17.7 Å². The highest BCUT2D eigenvalue weighted by atomic mass is 35.5. The molecule has 0 saturated heterocycles. The van der Waals surface area contributed by atoms with Crippen LogP contribution in [0.1, 0.15) is 0 Å². The number of rotatable bonds is 1. The third kappa shape index (κ3) is 2.27. The summed E-state index contributed by atoms with van der Waals surface area (Å²) in [6.07, 6.45) is 0. The highest BCUT2D eigenvalue weighted by Gasteiger charge is 2.15. The first-order chi connectivity index (χ1) is 12.2. The fraction of sp³-hybridized carbons (Fsp3) is 0.105. The Morgan fingerprint density at radius 2 is 1.92 bits per heavy atom. The number of anilines is 1. The number of ether oxygens (including phenoxy) is 1. The molecule has 0 atom stereocenters. The smallest absolute Gasteiger partial charge is 0.249 e. The van der Waals surface area contributed by atoms with Crippen molar-refractivity contribution in [3.63, 3.8) is 0 Å². The Morgan fingerprint density at radius 1 is 1.00 bits per heavy atom. The van der Waals surface area contributed by atoms with Crippen molar-refractivity contribution in [2.75, 3.05) is 18.5 Å². The van der Waals surface area contributed by atoms with Crippen LogP contribution in [0.5, 0.6) is 5.75 Å². The van der Waals surface area contributed by atoms with Gasteiger partial charge in [-0.25, -0.2) is 0 Å². The Hall–Kier alpha value is -2.92. The third-order valence-corrected chi connectivity index (χ3v) is 4.76. The van der Waals surface area contributed by atoms with E-state index in [1.54, 1.807) is 6.07 Å². The number of hydrogen-bond donors (Lipinski definition) is 3. The maximum Gasteiger partial charge on any atom is 0.249 e. The second-order valence-electron chi connectivity index (χ2n) is 6.10. The van der Waals surface area contributed by atoms with E-state index in [-0.39, 0.29) is 5.56 Å². The van der Waals surface area contributed by atoms with Crippen LogP contribution in [0.2, 0.25) is 5.02 Å². The van der Waals surface area contributed by atoms with E-state index >= 15 is 0 Å². The van der Waals surface area contributed by atoms with Crippen molar-refractivity contribution < 1.29 is 4.74 Å². The quantitative estimate of drug-likeness (QED) is 0.483. The molecule has 0 amide bonds. The van der Waals surface area contributed by atoms with E-state index in [1.165, 1.54) is 0 Å². The summed E-state index contributed by atoms with van der Waals surface area (Å²) in [5.41, 5.74) is 5.15. The normalized spacial score (nSPS) is 13.5. The predicted molar refractivity (Wildman–Crippen MR) is 101 cm³/mol. The van der Waals surface area contributed by atoms with Crippen molar-refractivity contribution in [2.45, 2.75) is 0 Å². The molecule has 0 unspecified atom stereocenters. The lowest BCUT2D eigenvalue weighted by molar-refractivity contribution is 0.323. The van der Waals surface area contributed by atoms with Crippen LogP contribution in [0.25, 0.3) is 33.1 Å². The molecule has 0 bridgehead atoms. The number of aromatic amines is 2. The molecular weight excluding hydrogens is 338 g/mol. The average Bonchev–Trinajstić information content (AvgIpc) is 2.98. The largest absolute Gasteiger partial charge is 0.490 e. The molecule has 6 heteroatoms. The Bertz CT molecular complexity index is 1190. The number of nitrogens with one attached hydrogen (secondary N) is 3. The van der Waals surface area contributed by atoms with E-state index in [2.05, 4.69) is 15.3 Å². The Labute approximate surface area is 147 Å². The topological polar surface area (TPSA) is 69.9 Å². The van der Waals surface area contributed by atoms with Gasteiger partial charge in [0.15, 0.2) is 0 Å². The molecule has 0 aliphatic carbocycles. The molecule has 1 aliphatic heterocycles. The molecule has 0 fully saturated rings. The second kappa shape index (κ2) is 5.29. The van der Waals surface area contributed by atoms with Crippen molar-refractivity contribution in [2.24, 2.45) is 0 Å². The molecule has 3 N–H and O–H groups in total. The van der Waals surface area contributed by atoms with Crippen LogP contribution in [0.4, 0.5) is 5.69 Å². The summed E-state index contributed by atoms with van der Waals surface area (Å²) in [5, 5.41) is 4.83. The molecule has 124 valence electrons. The molecule has 1 aliphatic rings.